The predicted octanol–water partition coefficient (Wildman–Crippen LogP) is 3.45. The molecule has 88 valence electrons. The van der Waals surface area contributed by atoms with E-state index < -0.39 is 0 Å². The Morgan fingerprint density at radius 3 is 2.33 bits per heavy atom. The van der Waals surface area contributed by atoms with Gasteiger partial charge in [0.2, 0.25) is 0 Å². The van der Waals surface area contributed by atoms with E-state index in [0.717, 1.165) is 22.3 Å². The maximum Gasteiger partial charge on any atom is 0.113 e. The Kier molecular flexibility index (Phi) is 2.65. The predicted molar refractivity (Wildman–Crippen MR) is 73.6 cm³/mol. The first-order valence-electron chi connectivity index (χ1n) is 5.92. The second kappa shape index (κ2) is 4.45. The van der Waals surface area contributed by atoms with E-state index in [4.69, 9.17) is 0 Å². The van der Waals surface area contributed by atoms with Gasteiger partial charge in [-0.1, -0.05) is 36.4 Å². The number of benzene rings is 2. The van der Waals surface area contributed by atoms with Gasteiger partial charge in [0.05, 0.1) is 5.69 Å². The zero-order valence-corrected chi connectivity index (χ0v) is 10.1. The van der Waals surface area contributed by atoms with Crippen molar-refractivity contribution >= 4 is 17.1 Å². The Balaban J connectivity index is 2.10. The highest BCUT2D eigenvalue weighted by molar-refractivity contribution is 5.73. The normalized spacial score (nSPS) is 11.4. The summed E-state index contributed by atoms with van der Waals surface area (Å²) < 4.78 is 0. The van der Waals surface area contributed by atoms with Gasteiger partial charge in [-0.2, -0.15) is 4.80 Å². The van der Waals surface area contributed by atoms with Crippen LogP contribution in [0.2, 0.25) is 0 Å². The Morgan fingerprint density at radius 2 is 1.67 bits per heavy atom. The molecule has 3 heteroatoms. The molecule has 2 aromatic carbocycles. The third-order valence-corrected chi connectivity index (χ3v) is 2.75. The number of hydrogen-bond acceptors (Lipinski definition) is 2. The van der Waals surface area contributed by atoms with Gasteiger partial charge in [0.25, 0.3) is 0 Å². The third kappa shape index (κ3) is 1.91. The van der Waals surface area contributed by atoms with Gasteiger partial charge in [-0.3, -0.25) is 0 Å². The highest BCUT2D eigenvalue weighted by atomic mass is 15.5. The lowest BCUT2D eigenvalue weighted by molar-refractivity contribution is 0.765. The lowest BCUT2D eigenvalue weighted by Crippen LogP contribution is -1.98. The smallest absolute Gasteiger partial charge is 0.113 e. The minimum absolute atomic E-state index is 0.911. The molecule has 0 saturated carbocycles. The average molecular weight is 235 g/mol. The molecule has 0 aliphatic rings. The SMILES string of the molecule is CC=Cc1cccc(-n2nc3ccccc3n2)c1. The van der Waals surface area contributed by atoms with Crippen LogP contribution in [0.5, 0.6) is 0 Å². The fourth-order valence-electron chi connectivity index (χ4n) is 1.92. The number of hydrogen-bond donors (Lipinski definition) is 0. The fourth-order valence-corrected chi connectivity index (χ4v) is 1.92. The standard InChI is InChI=1S/C15H13N3/c1-2-6-12-7-5-8-13(11-12)18-16-14-9-3-4-10-15(14)17-18/h2-11H,1H3. The van der Waals surface area contributed by atoms with Gasteiger partial charge in [-0.05, 0) is 36.8 Å². The zero-order chi connectivity index (χ0) is 12.4. The van der Waals surface area contributed by atoms with Gasteiger partial charge >= 0.3 is 0 Å². The molecule has 1 aromatic heterocycles. The topological polar surface area (TPSA) is 30.7 Å². The minimum atomic E-state index is 0.911. The molecule has 0 unspecified atom stereocenters. The Bertz CT molecular complexity index is 677. The van der Waals surface area contributed by atoms with Crippen LogP contribution in [0.1, 0.15) is 12.5 Å². The van der Waals surface area contributed by atoms with E-state index in [9.17, 15) is 0 Å². The van der Waals surface area contributed by atoms with E-state index in [1.54, 1.807) is 4.80 Å². The van der Waals surface area contributed by atoms with Crippen molar-refractivity contribution in [3.05, 3.63) is 60.2 Å². The van der Waals surface area contributed by atoms with Gasteiger partial charge in [0.15, 0.2) is 0 Å². The molecule has 18 heavy (non-hydrogen) atoms. The second-order valence-corrected chi connectivity index (χ2v) is 4.07. The van der Waals surface area contributed by atoms with Crippen LogP contribution >= 0.6 is 0 Å². The largest absolute Gasteiger partial charge is 0.150 e. The summed E-state index contributed by atoms with van der Waals surface area (Å²) in [5, 5.41) is 8.93. The summed E-state index contributed by atoms with van der Waals surface area (Å²) in [6.07, 6.45) is 4.08. The molecule has 0 bridgehead atoms. The van der Waals surface area contributed by atoms with E-state index >= 15 is 0 Å². The van der Waals surface area contributed by atoms with Crippen LogP contribution in [0.25, 0.3) is 22.8 Å². The molecule has 0 atom stereocenters. The molecule has 0 saturated heterocycles. The first kappa shape index (κ1) is 10.7. The van der Waals surface area contributed by atoms with E-state index in [1.807, 2.05) is 49.4 Å². The number of fused-ring (bicyclic) bond motifs is 1. The van der Waals surface area contributed by atoms with E-state index in [0.29, 0.717) is 0 Å². The van der Waals surface area contributed by atoms with Crippen molar-refractivity contribution in [2.24, 2.45) is 0 Å². The molecule has 3 rings (SSSR count). The van der Waals surface area contributed by atoms with Crippen LogP contribution in [-0.2, 0) is 0 Å². The molecule has 0 aliphatic carbocycles. The summed E-state index contributed by atoms with van der Waals surface area (Å²) in [6.45, 7) is 2.01. The van der Waals surface area contributed by atoms with Crippen LogP contribution in [0.15, 0.2) is 54.6 Å². The Hall–Kier alpha value is -2.42. The van der Waals surface area contributed by atoms with Crippen LogP contribution in [0.4, 0.5) is 0 Å². The van der Waals surface area contributed by atoms with Crippen molar-refractivity contribution in [1.29, 1.82) is 0 Å². The Morgan fingerprint density at radius 1 is 0.944 bits per heavy atom. The maximum absolute atomic E-state index is 4.47. The van der Waals surface area contributed by atoms with Crippen LogP contribution in [0.3, 0.4) is 0 Å². The molecule has 0 fully saturated rings. The first-order valence-corrected chi connectivity index (χ1v) is 5.92. The fraction of sp³-hybridized carbons (Fsp3) is 0.0667. The van der Waals surface area contributed by atoms with Crippen molar-refractivity contribution in [2.45, 2.75) is 6.92 Å². The summed E-state index contributed by atoms with van der Waals surface area (Å²) in [6, 6.07) is 16.0. The summed E-state index contributed by atoms with van der Waals surface area (Å²) in [4.78, 5) is 1.68. The lowest BCUT2D eigenvalue weighted by atomic mass is 10.2. The third-order valence-electron chi connectivity index (χ3n) is 2.75. The van der Waals surface area contributed by atoms with Crippen molar-refractivity contribution in [3.8, 4) is 5.69 Å². The number of nitrogens with zero attached hydrogens (tertiary/aromatic N) is 3. The summed E-state index contributed by atoms with van der Waals surface area (Å²) >= 11 is 0. The zero-order valence-electron chi connectivity index (χ0n) is 10.1. The van der Waals surface area contributed by atoms with Gasteiger partial charge in [-0.15, -0.1) is 10.2 Å². The van der Waals surface area contributed by atoms with E-state index in [-0.39, 0.29) is 0 Å². The average Bonchev–Trinajstić information content (AvgIpc) is 2.83. The minimum Gasteiger partial charge on any atom is -0.150 e. The highest BCUT2D eigenvalue weighted by Gasteiger charge is 2.03. The van der Waals surface area contributed by atoms with E-state index in [1.165, 1.54) is 0 Å². The first-order chi connectivity index (χ1) is 8.86. The molecule has 0 radical (unpaired) electrons. The molecule has 0 N–H and O–H groups in total. The summed E-state index contributed by atoms with van der Waals surface area (Å²) in [5.41, 5.74) is 3.95. The molecular weight excluding hydrogens is 222 g/mol. The summed E-state index contributed by atoms with van der Waals surface area (Å²) in [7, 11) is 0. The molecular formula is C15H13N3. The van der Waals surface area contributed by atoms with E-state index in [2.05, 4.69) is 28.4 Å². The second-order valence-electron chi connectivity index (χ2n) is 4.07. The van der Waals surface area contributed by atoms with Gasteiger partial charge in [0, 0.05) is 0 Å². The van der Waals surface area contributed by atoms with Crippen LogP contribution in [0, 0.1) is 0 Å². The highest BCUT2D eigenvalue weighted by Crippen LogP contribution is 2.14. The van der Waals surface area contributed by atoms with Gasteiger partial charge in [0.1, 0.15) is 11.0 Å². The van der Waals surface area contributed by atoms with Gasteiger partial charge < -0.3 is 0 Å². The molecule has 0 amide bonds. The molecule has 3 nitrogen and oxygen atoms in total. The Labute approximate surface area is 105 Å². The number of aromatic nitrogens is 3. The van der Waals surface area contributed by atoms with Crippen molar-refractivity contribution in [2.75, 3.05) is 0 Å². The van der Waals surface area contributed by atoms with Crippen molar-refractivity contribution < 1.29 is 0 Å². The monoisotopic (exact) mass is 235 g/mol. The molecule has 0 spiro atoms. The number of allylic oxidation sites excluding steroid dienone is 1. The van der Waals surface area contributed by atoms with Crippen molar-refractivity contribution in [3.63, 3.8) is 0 Å². The van der Waals surface area contributed by atoms with Crippen LogP contribution in [-0.4, -0.2) is 15.0 Å². The quantitative estimate of drug-likeness (QED) is 0.681. The molecule has 1 heterocycles. The maximum atomic E-state index is 4.47. The number of rotatable bonds is 2. The van der Waals surface area contributed by atoms with Gasteiger partial charge in [-0.25, -0.2) is 0 Å². The van der Waals surface area contributed by atoms with Crippen molar-refractivity contribution in [1.82, 2.24) is 15.0 Å². The molecule has 3 aromatic rings. The lowest BCUT2D eigenvalue weighted by Gasteiger charge is -2.00. The van der Waals surface area contributed by atoms with Crippen LogP contribution < -0.4 is 0 Å². The summed E-state index contributed by atoms with van der Waals surface area (Å²) in [5.74, 6) is 0. The molecule has 0 aliphatic heterocycles.